The maximum Gasteiger partial charge on any atom is 0.203 e. The minimum atomic E-state index is 0.517. The zero-order chi connectivity index (χ0) is 18.8. The Kier molecular flexibility index (Phi) is 4.71. The summed E-state index contributed by atoms with van der Waals surface area (Å²) in [5.41, 5.74) is 4.11. The molecule has 3 aromatic rings. The summed E-state index contributed by atoms with van der Waals surface area (Å²) in [6.07, 6.45) is 2.69. The summed E-state index contributed by atoms with van der Waals surface area (Å²) in [4.78, 5) is 11.4. The minimum Gasteiger partial charge on any atom is -0.493 e. The standard InChI is InChI=1S/C21H21NO4/c1-13(16-7-9-19(24-3)21(26-5)20(16)25-4)14-6-8-18-17(10-14)15(12-23)11-22(18)2/h6-12H,1H2,2-5H3. The van der Waals surface area contributed by atoms with E-state index >= 15 is 0 Å². The lowest BCUT2D eigenvalue weighted by molar-refractivity contribution is 0.112. The maximum atomic E-state index is 11.4. The Morgan fingerprint density at radius 3 is 2.38 bits per heavy atom. The van der Waals surface area contributed by atoms with Gasteiger partial charge in [-0.05, 0) is 35.4 Å². The Balaban J connectivity index is 2.15. The number of rotatable bonds is 6. The number of carbonyl (C=O) groups excluding carboxylic acids is 1. The van der Waals surface area contributed by atoms with Crippen molar-refractivity contribution in [3.8, 4) is 17.2 Å². The van der Waals surface area contributed by atoms with Gasteiger partial charge in [0, 0.05) is 35.3 Å². The number of methoxy groups -OCH3 is 3. The Labute approximate surface area is 152 Å². The molecule has 5 nitrogen and oxygen atoms in total. The molecule has 3 rings (SSSR count). The van der Waals surface area contributed by atoms with Crippen molar-refractivity contribution in [3.05, 3.63) is 59.8 Å². The summed E-state index contributed by atoms with van der Waals surface area (Å²) in [5, 5.41) is 0.889. The summed E-state index contributed by atoms with van der Waals surface area (Å²) >= 11 is 0. The lowest BCUT2D eigenvalue weighted by Gasteiger charge is -2.17. The molecule has 0 radical (unpaired) electrons. The van der Waals surface area contributed by atoms with E-state index in [0.29, 0.717) is 22.8 Å². The predicted octanol–water partition coefficient (Wildman–Crippen LogP) is 4.08. The topological polar surface area (TPSA) is 49.7 Å². The molecule has 1 aromatic heterocycles. The zero-order valence-electron chi connectivity index (χ0n) is 15.3. The minimum absolute atomic E-state index is 0.517. The molecule has 0 atom stereocenters. The smallest absolute Gasteiger partial charge is 0.203 e. The number of aryl methyl sites for hydroxylation is 1. The van der Waals surface area contributed by atoms with Crippen LogP contribution in [0.2, 0.25) is 0 Å². The van der Waals surface area contributed by atoms with E-state index in [0.717, 1.165) is 33.9 Å². The van der Waals surface area contributed by atoms with E-state index < -0.39 is 0 Å². The molecule has 0 saturated carbocycles. The molecule has 1 heterocycles. The van der Waals surface area contributed by atoms with Gasteiger partial charge in [0.05, 0.1) is 21.3 Å². The van der Waals surface area contributed by atoms with Gasteiger partial charge in [-0.3, -0.25) is 4.79 Å². The van der Waals surface area contributed by atoms with Crippen LogP contribution in [0.1, 0.15) is 21.5 Å². The van der Waals surface area contributed by atoms with Crippen molar-refractivity contribution in [1.29, 1.82) is 0 Å². The number of benzene rings is 2. The maximum absolute atomic E-state index is 11.4. The third-order valence-corrected chi connectivity index (χ3v) is 4.53. The van der Waals surface area contributed by atoms with Crippen LogP contribution in [-0.2, 0) is 7.05 Å². The first-order valence-corrected chi connectivity index (χ1v) is 8.08. The van der Waals surface area contributed by atoms with Gasteiger partial charge in [-0.15, -0.1) is 0 Å². The highest BCUT2D eigenvalue weighted by Gasteiger charge is 2.19. The van der Waals surface area contributed by atoms with Crippen molar-refractivity contribution >= 4 is 22.8 Å². The van der Waals surface area contributed by atoms with E-state index in [9.17, 15) is 4.79 Å². The second-order valence-electron chi connectivity index (χ2n) is 5.91. The molecular weight excluding hydrogens is 330 g/mol. The molecule has 134 valence electrons. The summed E-state index contributed by atoms with van der Waals surface area (Å²) in [6.45, 7) is 4.23. The molecule has 2 aromatic carbocycles. The fourth-order valence-electron chi connectivity index (χ4n) is 3.20. The predicted molar refractivity (Wildman–Crippen MR) is 103 cm³/mol. The van der Waals surface area contributed by atoms with Gasteiger partial charge in [0.2, 0.25) is 5.75 Å². The van der Waals surface area contributed by atoms with Crippen LogP contribution in [0.15, 0.2) is 43.1 Å². The van der Waals surface area contributed by atoms with Gasteiger partial charge in [0.25, 0.3) is 0 Å². The highest BCUT2D eigenvalue weighted by atomic mass is 16.5. The number of fused-ring (bicyclic) bond motifs is 1. The molecule has 0 bridgehead atoms. The van der Waals surface area contributed by atoms with Crippen molar-refractivity contribution in [2.75, 3.05) is 21.3 Å². The molecule has 0 N–H and O–H groups in total. The highest BCUT2D eigenvalue weighted by molar-refractivity contribution is 6.00. The fraction of sp³-hybridized carbons (Fsp3) is 0.190. The van der Waals surface area contributed by atoms with E-state index in [1.807, 2.05) is 48.1 Å². The number of aldehydes is 1. The zero-order valence-corrected chi connectivity index (χ0v) is 15.3. The fourth-order valence-corrected chi connectivity index (χ4v) is 3.20. The van der Waals surface area contributed by atoms with Crippen LogP contribution < -0.4 is 14.2 Å². The molecule has 5 heteroatoms. The van der Waals surface area contributed by atoms with Crippen LogP contribution in [0.5, 0.6) is 17.2 Å². The lowest BCUT2D eigenvalue weighted by atomic mass is 9.96. The first-order chi connectivity index (χ1) is 12.5. The monoisotopic (exact) mass is 351 g/mol. The quantitative estimate of drug-likeness (QED) is 0.628. The van der Waals surface area contributed by atoms with Crippen LogP contribution in [0.4, 0.5) is 0 Å². The molecule has 0 saturated heterocycles. The average molecular weight is 351 g/mol. The van der Waals surface area contributed by atoms with Crippen LogP contribution in [-0.4, -0.2) is 32.2 Å². The Hall–Kier alpha value is -3.21. The molecule has 0 fully saturated rings. The van der Waals surface area contributed by atoms with Gasteiger partial charge >= 0.3 is 0 Å². The average Bonchev–Trinajstić information content (AvgIpc) is 3.01. The highest BCUT2D eigenvalue weighted by Crippen LogP contribution is 2.43. The molecule has 0 aliphatic carbocycles. The Morgan fingerprint density at radius 1 is 1.04 bits per heavy atom. The van der Waals surface area contributed by atoms with Crippen LogP contribution in [0.25, 0.3) is 16.5 Å². The van der Waals surface area contributed by atoms with E-state index in [4.69, 9.17) is 14.2 Å². The van der Waals surface area contributed by atoms with Crippen molar-refractivity contribution in [1.82, 2.24) is 4.57 Å². The summed E-state index contributed by atoms with van der Waals surface area (Å²) in [7, 11) is 6.65. The van der Waals surface area contributed by atoms with E-state index in [2.05, 4.69) is 6.58 Å². The van der Waals surface area contributed by atoms with Crippen LogP contribution in [0, 0.1) is 0 Å². The number of ether oxygens (including phenoxy) is 3. The number of carbonyl (C=O) groups is 1. The molecular formula is C21H21NO4. The lowest BCUT2D eigenvalue weighted by Crippen LogP contribution is -1.99. The Bertz CT molecular complexity index is 1000. The van der Waals surface area contributed by atoms with Crippen LogP contribution >= 0.6 is 0 Å². The van der Waals surface area contributed by atoms with Gasteiger partial charge < -0.3 is 18.8 Å². The van der Waals surface area contributed by atoms with Gasteiger partial charge in [-0.2, -0.15) is 0 Å². The number of nitrogens with zero attached hydrogens (tertiary/aromatic N) is 1. The third kappa shape index (κ3) is 2.71. The molecule has 0 unspecified atom stereocenters. The molecule has 0 amide bonds. The normalized spacial score (nSPS) is 10.6. The largest absolute Gasteiger partial charge is 0.493 e. The molecule has 0 aliphatic rings. The van der Waals surface area contributed by atoms with Crippen molar-refractivity contribution < 1.29 is 19.0 Å². The number of hydrogen-bond acceptors (Lipinski definition) is 4. The number of hydrogen-bond donors (Lipinski definition) is 0. The van der Waals surface area contributed by atoms with Crippen molar-refractivity contribution in [3.63, 3.8) is 0 Å². The molecule has 0 aliphatic heterocycles. The van der Waals surface area contributed by atoms with Gasteiger partial charge in [-0.25, -0.2) is 0 Å². The summed E-state index contributed by atoms with van der Waals surface area (Å²) < 4.78 is 18.3. The molecule has 0 spiro atoms. The molecule has 26 heavy (non-hydrogen) atoms. The number of aromatic nitrogens is 1. The van der Waals surface area contributed by atoms with E-state index in [-0.39, 0.29) is 0 Å². The van der Waals surface area contributed by atoms with Crippen molar-refractivity contribution in [2.24, 2.45) is 7.05 Å². The second kappa shape index (κ2) is 6.96. The summed E-state index contributed by atoms with van der Waals surface area (Å²) in [5.74, 6) is 1.66. The first-order valence-electron chi connectivity index (χ1n) is 8.08. The van der Waals surface area contributed by atoms with Crippen LogP contribution in [0.3, 0.4) is 0 Å². The Morgan fingerprint density at radius 2 is 1.77 bits per heavy atom. The SMILES string of the molecule is C=C(c1ccc2c(c1)c(C=O)cn2C)c1ccc(OC)c(OC)c1OC. The van der Waals surface area contributed by atoms with E-state index in [1.165, 1.54) is 0 Å². The second-order valence-corrected chi connectivity index (χ2v) is 5.91. The summed E-state index contributed by atoms with van der Waals surface area (Å²) in [6, 6.07) is 9.64. The van der Waals surface area contributed by atoms with Gasteiger partial charge in [0.15, 0.2) is 17.8 Å². The van der Waals surface area contributed by atoms with Gasteiger partial charge in [-0.1, -0.05) is 12.6 Å². The third-order valence-electron chi connectivity index (χ3n) is 4.53. The van der Waals surface area contributed by atoms with Gasteiger partial charge in [0.1, 0.15) is 0 Å². The first kappa shape index (κ1) is 17.6. The van der Waals surface area contributed by atoms with E-state index in [1.54, 1.807) is 21.3 Å². The van der Waals surface area contributed by atoms with Crippen molar-refractivity contribution in [2.45, 2.75) is 0 Å².